The highest BCUT2D eigenvalue weighted by Gasteiger charge is 2.24. The highest BCUT2D eigenvalue weighted by atomic mass is 32.2. The van der Waals surface area contributed by atoms with Crippen LogP contribution in [-0.4, -0.2) is 36.2 Å². The van der Waals surface area contributed by atoms with E-state index in [9.17, 15) is 36.2 Å². The molecule has 56 heavy (non-hydrogen) atoms. The van der Waals surface area contributed by atoms with Crippen molar-refractivity contribution in [3.63, 3.8) is 0 Å². The van der Waals surface area contributed by atoms with Gasteiger partial charge in [-0.3, -0.25) is 9.11 Å². The maximum absolute atomic E-state index is 12.4. The van der Waals surface area contributed by atoms with Crippen LogP contribution in [0.2, 0.25) is 0 Å². The zero-order valence-corrected chi connectivity index (χ0v) is 32.6. The van der Waals surface area contributed by atoms with Crippen LogP contribution in [0.15, 0.2) is 103 Å². The summed E-state index contributed by atoms with van der Waals surface area (Å²) >= 11 is 0. The summed E-state index contributed by atoms with van der Waals surface area (Å²) in [6.07, 6.45) is 2.08. The van der Waals surface area contributed by atoms with E-state index in [0.29, 0.717) is 59.2 Å². The summed E-state index contributed by atoms with van der Waals surface area (Å²) in [7, 11) is -9.63. The molecule has 14 nitrogen and oxygen atoms in total. The number of rotatable bonds is 11. The Morgan fingerprint density at radius 1 is 0.482 bits per heavy atom. The van der Waals surface area contributed by atoms with Crippen molar-refractivity contribution in [2.24, 2.45) is 20.5 Å². The predicted octanol–water partition coefficient (Wildman–Crippen LogP) is 9.81. The van der Waals surface area contributed by atoms with Crippen LogP contribution in [-0.2, 0) is 45.9 Å². The Morgan fingerprint density at radius 3 is 1.29 bits per heavy atom. The molecule has 8 N–H and O–H groups in total. The topological polar surface area (TPSA) is 251 Å². The smallest absolute Gasteiger partial charge is 0.296 e. The van der Waals surface area contributed by atoms with E-state index in [0.717, 1.165) is 33.4 Å². The van der Waals surface area contributed by atoms with Gasteiger partial charge in [-0.05, 0) is 137 Å². The molecule has 0 atom stereocenters. The average Bonchev–Trinajstić information content (AvgIpc) is 3.15. The number of nitrogens with zero attached hydrogens (tertiary/aromatic N) is 4. The predicted molar refractivity (Wildman–Crippen MR) is 217 cm³/mol. The highest BCUT2D eigenvalue weighted by Crippen LogP contribution is 2.45. The summed E-state index contributed by atoms with van der Waals surface area (Å²) in [5.41, 5.74) is 17.4. The maximum Gasteiger partial charge on any atom is 0.296 e. The van der Waals surface area contributed by atoms with Gasteiger partial charge < -0.3 is 21.7 Å². The van der Waals surface area contributed by atoms with Crippen molar-refractivity contribution in [3.8, 4) is 22.6 Å². The lowest BCUT2D eigenvalue weighted by atomic mass is 9.92. The highest BCUT2D eigenvalue weighted by molar-refractivity contribution is 7.86. The molecular formula is C40H40N6O8S2. The molecule has 0 aliphatic rings. The van der Waals surface area contributed by atoms with Crippen LogP contribution >= 0.6 is 0 Å². The number of fused-ring (bicyclic) bond motifs is 2. The standard InChI is InChI=1S/C40H40N6O8S2/c1-5-21-13-26(14-22(6-2)35(21)43-45-37-34(56(52,53)54)19-28-17-29(41)11-12-31(28)39(37)47)27-15-23(7-3)36(24(8-4)16-27)44-46-38-33(55(49,50)51)18-25-9-10-30(42)20-32(25)40(38)48/h9-20,47-48H,5-8,41-42H2,1-4H3,(H,49,50,51)(H,52,53,54). The van der Waals surface area contributed by atoms with Gasteiger partial charge >= 0.3 is 0 Å². The van der Waals surface area contributed by atoms with Gasteiger partial charge in [0.25, 0.3) is 20.2 Å². The Morgan fingerprint density at radius 2 is 0.857 bits per heavy atom. The van der Waals surface area contributed by atoms with Crippen LogP contribution in [0.25, 0.3) is 32.7 Å². The van der Waals surface area contributed by atoms with E-state index < -0.39 is 52.9 Å². The fraction of sp³-hybridized carbons (Fsp3) is 0.200. The quantitative estimate of drug-likeness (QED) is 0.0411. The summed E-state index contributed by atoms with van der Waals surface area (Å²) < 4.78 is 69.7. The molecule has 6 aromatic rings. The lowest BCUT2D eigenvalue weighted by Gasteiger charge is -2.16. The summed E-state index contributed by atoms with van der Waals surface area (Å²) in [6, 6.07) is 19.3. The molecule has 0 amide bonds. The first-order chi connectivity index (χ1) is 26.5. The summed E-state index contributed by atoms with van der Waals surface area (Å²) in [6.45, 7) is 7.76. The van der Waals surface area contributed by atoms with Crippen LogP contribution in [0.1, 0.15) is 49.9 Å². The van der Waals surface area contributed by atoms with Crippen molar-refractivity contribution in [1.82, 2.24) is 0 Å². The lowest BCUT2D eigenvalue weighted by molar-refractivity contribution is 0.471. The summed E-state index contributed by atoms with van der Waals surface area (Å²) in [4.78, 5) is -1.22. The minimum absolute atomic E-state index is 0.244. The molecule has 0 aliphatic carbocycles. The van der Waals surface area contributed by atoms with Crippen molar-refractivity contribution in [2.75, 3.05) is 11.5 Å². The largest absolute Gasteiger partial charge is 0.505 e. The van der Waals surface area contributed by atoms with E-state index >= 15 is 0 Å². The SMILES string of the molecule is CCc1cc(-c2cc(CC)c(N=Nc3c(S(=O)(=O)O)cc4ccc(N)cc4c3O)c(CC)c2)cc(CC)c1N=Nc1c(S(=O)(=O)O)cc2cc(N)ccc2c1O. The zero-order chi connectivity index (χ0) is 40.7. The number of phenols is 2. The zero-order valence-electron chi connectivity index (χ0n) is 30.9. The van der Waals surface area contributed by atoms with Crippen LogP contribution < -0.4 is 11.5 Å². The third-order valence-electron chi connectivity index (χ3n) is 9.60. The Kier molecular flexibility index (Phi) is 10.9. The van der Waals surface area contributed by atoms with E-state index in [1.807, 2.05) is 52.0 Å². The number of hydrogen-bond acceptors (Lipinski definition) is 12. The molecule has 0 radical (unpaired) electrons. The molecule has 0 unspecified atom stereocenters. The second-order valence-corrected chi connectivity index (χ2v) is 15.9. The molecule has 0 fully saturated rings. The molecule has 0 saturated heterocycles. The number of azo groups is 2. The van der Waals surface area contributed by atoms with Crippen LogP contribution in [0.4, 0.5) is 34.1 Å². The number of nitrogen functional groups attached to an aromatic ring is 2. The molecule has 0 bridgehead atoms. The van der Waals surface area contributed by atoms with Crippen LogP contribution in [0.3, 0.4) is 0 Å². The van der Waals surface area contributed by atoms with Gasteiger partial charge in [-0.15, -0.1) is 20.5 Å². The monoisotopic (exact) mass is 796 g/mol. The van der Waals surface area contributed by atoms with Gasteiger partial charge in [0.05, 0.1) is 11.4 Å². The van der Waals surface area contributed by atoms with Crippen LogP contribution in [0, 0.1) is 0 Å². The van der Waals surface area contributed by atoms with E-state index in [4.69, 9.17) is 11.5 Å². The number of anilines is 2. The first kappa shape index (κ1) is 39.7. The minimum atomic E-state index is -4.82. The van der Waals surface area contributed by atoms with Crippen LogP contribution in [0.5, 0.6) is 11.5 Å². The fourth-order valence-electron chi connectivity index (χ4n) is 6.70. The Balaban J connectivity index is 1.45. The number of benzene rings is 6. The summed E-state index contributed by atoms with van der Waals surface area (Å²) in [5, 5.41) is 40.7. The van der Waals surface area contributed by atoms with Gasteiger partial charge in [-0.1, -0.05) is 33.8 Å². The molecule has 290 valence electrons. The number of nitrogens with two attached hydrogens (primary N) is 2. The first-order valence-electron chi connectivity index (χ1n) is 17.7. The number of hydrogen-bond donors (Lipinski definition) is 6. The number of aromatic hydroxyl groups is 2. The molecule has 0 heterocycles. The van der Waals surface area contributed by atoms with Crippen molar-refractivity contribution in [3.05, 3.63) is 95.1 Å². The van der Waals surface area contributed by atoms with E-state index in [1.54, 1.807) is 12.1 Å². The third kappa shape index (κ3) is 7.64. The van der Waals surface area contributed by atoms with E-state index in [2.05, 4.69) is 20.5 Å². The van der Waals surface area contributed by atoms with E-state index in [1.165, 1.54) is 36.4 Å². The lowest BCUT2D eigenvalue weighted by Crippen LogP contribution is -1.99. The fourth-order valence-corrected chi connectivity index (χ4v) is 8.02. The molecule has 0 saturated carbocycles. The Labute approximate surface area is 323 Å². The van der Waals surface area contributed by atoms with Crippen molar-refractivity contribution >= 4 is 75.9 Å². The molecule has 0 spiro atoms. The van der Waals surface area contributed by atoms with Gasteiger partial charge in [0.1, 0.15) is 21.2 Å². The molecule has 0 aliphatic heterocycles. The summed E-state index contributed by atoms with van der Waals surface area (Å²) in [5.74, 6) is -0.969. The molecule has 6 aromatic carbocycles. The van der Waals surface area contributed by atoms with Gasteiger partial charge in [0.15, 0.2) is 11.5 Å². The molecule has 6 rings (SSSR count). The minimum Gasteiger partial charge on any atom is -0.505 e. The van der Waals surface area contributed by atoms with Crippen molar-refractivity contribution < 1.29 is 36.2 Å². The Hall–Kier alpha value is -5.94. The molecule has 16 heteroatoms. The average molecular weight is 797 g/mol. The second kappa shape index (κ2) is 15.3. The van der Waals surface area contributed by atoms with Crippen molar-refractivity contribution in [2.45, 2.75) is 63.2 Å². The van der Waals surface area contributed by atoms with E-state index in [-0.39, 0.29) is 10.8 Å². The van der Waals surface area contributed by atoms with Gasteiger partial charge in [-0.2, -0.15) is 16.8 Å². The number of aryl methyl sites for hydroxylation is 4. The maximum atomic E-state index is 12.4. The normalized spacial score (nSPS) is 12.5. The van der Waals surface area contributed by atoms with Gasteiger partial charge in [0.2, 0.25) is 0 Å². The van der Waals surface area contributed by atoms with Gasteiger partial charge in [-0.25, -0.2) is 0 Å². The van der Waals surface area contributed by atoms with Crippen molar-refractivity contribution in [1.29, 1.82) is 0 Å². The molecular weight excluding hydrogens is 757 g/mol. The first-order valence-corrected chi connectivity index (χ1v) is 20.6. The van der Waals surface area contributed by atoms with Gasteiger partial charge in [0, 0.05) is 22.1 Å². The third-order valence-corrected chi connectivity index (χ3v) is 11.3. The number of phenolic OH excluding ortho intramolecular Hbond substituents is 2. The molecule has 0 aromatic heterocycles. The second-order valence-electron chi connectivity index (χ2n) is 13.2. The Bertz CT molecular complexity index is 2810.